The fourth-order valence-corrected chi connectivity index (χ4v) is 6.57. The van der Waals surface area contributed by atoms with E-state index in [1.807, 2.05) is 24.4 Å². The zero-order valence-electron chi connectivity index (χ0n) is 19.2. The number of hydrogen-bond acceptors (Lipinski definition) is 6. The van der Waals surface area contributed by atoms with Gasteiger partial charge in [0, 0.05) is 33.5 Å². The SMILES string of the molecule is C=Cc1cc2cc(CC3CC3(C)C(N)=O)n(S(=O)(=O)c3ccccc3)c2cc1OCc1cscn1. The molecule has 2 aromatic heterocycles. The van der Waals surface area contributed by atoms with E-state index in [1.54, 1.807) is 48.0 Å². The molecule has 180 valence electrons. The smallest absolute Gasteiger partial charge is 0.268 e. The molecule has 1 saturated carbocycles. The normalized spacial score (nSPS) is 19.5. The lowest BCUT2D eigenvalue weighted by Gasteiger charge is -2.14. The van der Waals surface area contributed by atoms with E-state index < -0.39 is 15.4 Å². The first-order valence-electron chi connectivity index (χ1n) is 11.2. The summed E-state index contributed by atoms with van der Waals surface area (Å²) in [7, 11) is -3.91. The molecule has 2 aromatic carbocycles. The fourth-order valence-electron chi connectivity index (χ4n) is 4.46. The number of amides is 1. The molecule has 1 amide bonds. The molecule has 5 rings (SSSR count). The fraction of sp³-hybridized carbons (Fsp3) is 0.231. The zero-order valence-corrected chi connectivity index (χ0v) is 20.8. The number of carbonyl (C=O) groups is 1. The molecule has 0 radical (unpaired) electrons. The van der Waals surface area contributed by atoms with E-state index in [9.17, 15) is 13.2 Å². The number of hydrogen-bond donors (Lipinski definition) is 1. The van der Waals surface area contributed by atoms with E-state index in [0.29, 0.717) is 29.8 Å². The third-order valence-corrected chi connectivity index (χ3v) is 9.17. The largest absolute Gasteiger partial charge is 0.487 e. The third-order valence-electron chi connectivity index (χ3n) is 6.75. The molecule has 2 unspecified atom stereocenters. The minimum Gasteiger partial charge on any atom is -0.487 e. The van der Waals surface area contributed by atoms with Gasteiger partial charge in [-0.1, -0.05) is 37.8 Å². The summed E-state index contributed by atoms with van der Waals surface area (Å²) < 4.78 is 35.1. The van der Waals surface area contributed by atoms with Crippen molar-refractivity contribution in [2.75, 3.05) is 0 Å². The molecule has 0 bridgehead atoms. The van der Waals surface area contributed by atoms with Crippen molar-refractivity contribution < 1.29 is 17.9 Å². The number of fused-ring (bicyclic) bond motifs is 1. The molecule has 2 N–H and O–H groups in total. The van der Waals surface area contributed by atoms with Gasteiger partial charge >= 0.3 is 0 Å². The number of ether oxygens (including phenoxy) is 1. The van der Waals surface area contributed by atoms with Crippen molar-refractivity contribution in [1.82, 2.24) is 8.96 Å². The molecule has 2 atom stereocenters. The Bertz CT molecular complexity index is 1530. The van der Waals surface area contributed by atoms with Crippen molar-refractivity contribution in [3.05, 3.63) is 83.0 Å². The van der Waals surface area contributed by atoms with Crippen LogP contribution in [-0.2, 0) is 27.8 Å². The first-order valence-corrected chi connectivity index (χ1v) is 13.5. The Morgan fingerprint density at radius 2 is 2.09 bits per heavy atom. The van der Waals surface area contributed by atoms with E-state index in [2.05, 4.69) is 11.6 Å². The Balaban J connectivity index is 1.64. The lowest BCUT2D eigenvalue weighted by atomic mass is 10.0. The van der Waals surface area contributed by atoms with Crippen molar-refractivity contribution in [1.29, 1.82) is 0 Å². The molecule has 2 heterocycles. The Morgan fingerprint density at radius 3 is 2.71 bits per heavy atom. The summed E-state index contributed by atoms with van der Waals surface area (Å²) >= 11 is 1.48. The summed E-state index contributed by atoms with van der Waals surface area (Å²) in [6.45, 7) is 5.99. The number of nitrogens with two attached hydrogens (primary N) is 1. The molecular formula is C26H25N3O4S2. The summed E-state index contributed by atoms with van der Waals surface area (Å²) in [6.07, 6.45) is 2.73. The van der Waals surface area contributed by atoms with Crippen molar-refractivity contribution in [3.63, 3.8) is 0 Å². The minimum atomic E-state index is -3.91. The van der Waals surface area contributed by atoms with E-state index >= 15 is 0 Å². The van der Waals surface area contributed by atoms with Gasteiger partial charge in [-0.3, -0.25) is 4.79 Å². The molecule has 4 aromatic rings. The summed E-state index contributed by atoms with van der Waals surface area (Å²) in [5.41, 5.74) is 9.36. The second-order valence-electron chi connectivity index (χ2n) is 9.03. The van der Waals surface area contributed by atoms with Crippen molar-refractivity contribution >= 4 is 44.2 Å². The van der Waals surface area contributed by atoms with Crippen LogP contribution < -0.4 is 10.5 Å². The Hall–Kier alpha value is -3.43. The van der Waals surface area contributed by atoms with Crippen LogP contribution in [0.3, 0.4) is 0 Å². The van der Waals surface area contributed by atoms with Crippen LogP contribution in [0.4, 0.5) is 0 Å². The van der Waals surface area contributed by atoms with Crippen LogP contribution >= 0.6 is 11.3 Å². The average Bonchev–Trinajstić information content (AvgIpc) is 3.18. The average molecular weight is 508 g/mol. The highest BCUT2D eigenvalue weighted by atomic mass is 32.2. The molecule has 7 nitrogen and oxygen atoms in total. The number of aromatic nitrogens is 2. The summed E-state index contributed by atoms with van der Waals surface area (Å²) in [5, 5.41) is 2.65. The van der Waals surface area contributed by atoms with E-state index in [4.69, 9.17) is 10.5 Å². The molecular weight excluding hydrogens is 482 g/mol. The van der Waals surface area contributed by atoms with Gasteiger partial charge in [0.1, 0.15) is 12.4 Å². The molecule has 0 saturated heterocycles. The standard InChI is InChI=1S/C26H25N3O4S2/c1-3-17-9-18-10-21(11-19-13-26(19,2)25(27)30)29(35(31,32)22-7-5-4-6-8-22)23(18)12-24(17)33-14-20-15-34-16-28-20/h3-10,12,15-16,19H,1,11,13-14H2,2H3,(H2,27,30). The van der Waals surface area contributed by atoms with Gasteiger partial charge in [0.25, 0.3) is 10.0 Å². The molecule has 1 aliphatic carbocycles. The zero-order chi connectivity index (χ0) is 24.8. The van der Waals surface area contributed by atoms with Gasteiger partial charge < -0.3 is 10.5 Å². The topological polar surface area (TPSA) is 104 Å². The third kappa shape index (κ3) is 4.15. The maximum absolute atomic E-state index is 13.8. The van der Waals surface area contributed by atoms with Crippen molar-refractivity contribution in [3.8, 4) is 5.75 Å². The van der Waals surface area contributed by atoms with Gasteiger partial charge in [-0.05, 0) is 43.0 Å². The number of nitrogens with zero attached hydrogens (tertiary/aromatic N) is 2. The number of carbonyl (C=O) groups excluding carboxylic acids is 1. The summed E-state index contributed by atoms with van der Waals surface area (Å²) in [5.74, 6) is 0.138. The second-order valence-corrected chi connectivity index (χ2v) is 11.5. The number of benzene rings is 2. The lowest BCUT2D eigenvalue weighted by Crippen LogP contribution is -2.24. The van der Waals surface area contributed by atoms with Crippen LogP contribution in [-0.4, -0.2) is 23.3 Å². The first-order chi connectivity index (χ1) is 16.7. The van der Waals surface area contributed by atoms with E-state index in [0.717, 1.165) is 16.6 Å². The highest BCUT2D eigenvalue weighted by Crippen LogP contribution is 2.54. The lowest BCUT2D eigenvalue weighted by molar-refractivity contribution is -0.123. The molecule has 0 spiro atoms. The van der Waals surface area contributed by atoms with Crippen LogP contribution in [0.2, 0.25) is 0 Å². The molecule has 1 fully saturated rings. The van der Waals surface area contributed by atoms with E-state index in [1.165, 1.54) is 15.3 Å². The molecule has 35 heavy (non-hydrogen) atoms. The number of primary amides is 1. The minimum absolute atomic E-state index is 0.0201. The molecule has 0 aliphatic heterocycles. The quantitative estimate of drug-likeness (QED) is 0.356. The Kier molecular flexibility index (Phi) is 5.77. The Morgan fingerprint density at radius 1 is 1.31 bits per heavy atom. The van der Waals surface area contributed by atoms with Gasteiger partial charge in [-0.15, -0.1) is 11.3 Å². The Labute approximate surface area is 207 Å². The number of thiazole rings is 1. The van der Waals surface area contributed by atoms with Gasteiger partial charge in [-0.2, -0.15) is 0 Å². The van der Waals surface area contributed by atoms with Crippen LogP contribution in [0.25, 0.3) is 17.0 Å². The van der Waals surface area contributed by atoms with Gasteiger partial charge in [0.15, 0.2) is 0 Å². The van der Waals surface area contributed by atoms with Crippen LogP contribution in [0.15, 0.2) is 70.9 Å². The van der Waals surface area contributed by atoms with Crippen LogP contribution in [0, 0.1) is 11.3 Å². The predicted octanol–water partition coefficient (Wildman–Crippen LogP) is 4.61. The van der Waals surface area contributed by atoms with Gasteiger partial charge in [-0.25, -0.2) is 17.4 Å². The highest BCUT2D eigenvalue weighted by molar-refractivity contribution is 7.90. The monoisotopic (exact) mass is 507 g/mol. The summed E-state index contributed by atoms with van der Waals surface area (Å²) in [6, 6.07) is 13.8. The number of rotatable bonds is 9. The molecule has 9 heteroatoms. The van der Waals surface area contributed by atoms with Gasteiger partial charge in [0.2, 0.25) is 5.91 Å². The van der Waals surface area contributed by atoms with Crippen LogP contribution in [0.1, 0.15) is 30.3 Å². The van der Waals surface area contributed by atoms with Crippen molar-refractivity contribution in [2.24, 2.45) is 17.1 Å². The first kappa shape index (κ1) is 23.3. The van der Waals surface area contributed by atoms with Crippen molar-refractivity contribution in [2.45, 2.75) is 31.3 Å². The maximum Gasteiger partial charge on any atom is 0.268 e. The summed E-state index contributed by atoms with van der Waals surface area (Å²) in [4.78, 5) is 16.4. The predicted molar refractivity (Wildman–Crippen MR) is 137 cm³/mol. The highest BCUT2D eigenvalue weighted by Gasteiger charge is 2.55. The maximum atomic E-state index is 13.8. The molecule has 1 aliphatic rings. The van der Waals surface area contributed by atoms with Crippen LogP contribution in [0.5, 0.6) is 5.75 Å². The second kappa shape index (κ2) is 8.66. The van der Waals surface area contributed by atoms with Gasteiger partial charge in [0.05, 0.1) is 21.6 Å². The van der Waals surface area contributed by atoms with E-state index in [-0.39, 0.29) is 23.3 Å².